The van der Waals surface area contributed by atoms with Crippen LogP contribution in [0.1, 0.15) is 34.9 Å². The molecule has 31 heavy (non-hydrogen) atoms. The van der Waals surface area contributed by atoms with Crippen LogP contribution in [0.2, 0.25) is 0 Å². The second-order valence-electron chi connectivity index (χ2n) is 7.52. The number of hydrogen-bond acceptors (Lipinski definition) is 4. The molecule has 1 aliphatic heterocycles. The number of amides is 1. The van der Waals surface area contributed by atoms with Crippen molar-refractivity contribution in [3.63, 3.8) is 0 Å². The smallest absolute Gasteiger partial charge is 0.253 e. The summed E-state index contributed by atoms with van der Waals surface area (Å²) in [4.78, 5) is 22.2. The number of carbonyl (C=O) groups excluding carboxylic acids is 1. The van der Waals surface area contributed by atoms with Gasteiger partial charge in [-0.25, -0.2) is 22.5 Å². The Balaban J connectivity index is 1.56. The van der Waals surface area contributed by atoms with Crippen LogP contribution in [0.25, 0.3) is 11.0 Å². The molecule has 0 saturated carbocycles. The van der Waals surface area contributed by atoms with Crippen molar-refractivity contribution in [2.75, 3.05) is 19.6 Å². The van der Waals surface area contributed by atoms with Crippen LogP contribution in [0.15, 0.2) is 60.0 Å². The Morgan fingerprint density at radius 1 is 1.32 bits per heavy atom. The number of H-pyrrole nitrogens is 1. The highest BCUT2D eigenvalue weighted by atomic mass is 32.2. The van der Waals surface area contributed by atoms with Gasteiger partial charge in [0, 0.05) is 31.1 Å². The summed E-state index contributed by atoms with van der Waals surface area (Å²) in [6.07, 6.45) is 3.04. The maximum absolute atomic E-state index is 14.2. The van der Waals surface area contributed by atoms with E-state index in [0.717, 1.165) is 41.8 Å². The van der Waals surface area contributed by atoms with Crippen LogP contribution in [0.4, 0.5) is 4.39 Å². The summed E-state index contributed by atoms with van der Waals surface area (Å²) >= 11 is 0. The Morgan fingerprint density at radius 3 is 2.90 bits per heavy atom. The minimum atomic E-state index is -4.09. The standard InChI is InChI=1S/C22H23FN4O3S/c1-2-11-24-31(29,30)20-13-15(9-10-17(20)23)22(28)27-12-5-6-16(14-27)21-25-18-7-3-4-8-19(18)26-21/h2-4,7-10,13,16,24H,1,5-6,11-12,14H2,(H,25,26). The molecule has 1 fully saturated rings. The number of rotatable bonds is 6. The van der Waals surface area contributed by atoms with Gasteiger partial charge in [-0.15, -0.1) is 6.58 Å². The monoisotopic (exact) mass is 442 g/mol. The third-order valence-electron chi connectivity index (χ3n) is 5.39. The zero-order valence-electron chi connectivity index (χ0n) is 16.8. The summed E-state index contributed by atoms with van der Waals surface area (Å²) in [6, 6.07) is 11.2. The minimum absolute atomic E-state index is 0.0365. The molecule has 7 nitrogen and oxygen atoms in total. The van der Waals surface area contributed by atoms with Gasteiger partial charge < -0.3 is 9.88 Å². The molecule has 0 radical (unpaired) electrons. The molecule has 0 aliphatic carbocycles. The number of nitrogens with one attached hydrogen (secondary N) is 2. The Bertz CT molecular complexity index is 1210. The second-order valence-corrected chi connectivity index (χ2v) is 9.25. The molecule has 1 unspecified atom stereocenters. The number of carbonyl (C=O) groups is 1. The number of sulfonamides is 1. The number of benzene rings is 2. The molecule has 1 atom stereocenters. The van der Waals surface area contributed by atoms with E-state index in [1.807, 2.05) is 24.3 Å². The quantitative estimate of drug-likeness (QED) is 0.573. The van der Waals surface area contributed by atoms with Gasteiger partial charge in [0.15, 0.2) is 0 Å². The van der Waals surface area contributed by atoms with Crippen molar-refractivity contribution in [2.24, 2.45) is 0 Å². The average molecular weight is 443 g/mol. The molecule has 1 aromatic heterocycles. The lowest BCUT2D eigenvalue weighted by Gasteiger charge is -2.32. The number of para-hydroxylation sites is 2. The fourth-order valence-corrected chi connectivity index (χ4v) is 4.92. The van der Waals surface area contributed by atoms with Crippen molar-refractivity contribution in [1.29, 1.82) is 0 Å². The van der Waals surface area contributed by atoms with Gasteiger partial charge in [0.05, 0.1) is 11.0 Å². The van der Waals surface area contributed by atoms with Crippen LogP contribution in [-0.2, 0) is 10.0 Å². The van der Waals surface area contributed by atoms with E-state index >= 15 is 0 Å². The van der Waals surface area contributed by atoms with E-state index < -0.39 is 20.7 Å². The van der Waals surface area contributed by atoms with Gasteiger partial charge in [-0.2, -0.15) is 0 Å². The number of aromatic nitrogens is 2. The van der Waals surface area contributed by atoms with E-state index in [-0.39, 0.29) is 23.9 Å². The molecule has 0 spiro atoms. The maximum Gasteiger partial charge on any atom is 0.253 e. The fraction of sp³-hybridized carbons (Fsp3) is 0.273. The molecule has 2 aromatic carbocycles. The first-order valence-corrected chi connectivity index (χ1v) is 11.5. The normalized spacial score (nSPS) is 17.1. The van der Waals surface area contributed by atoms with Gasteiger partial charge in [0.25, 0.3) is 5.91 Å². The molecule has 3 aromatic rings. The zero-order chi connectivity index (χ0) is 22.0. The van der Waals surface area contributed by atoms with E-state index in [0.29, 0.717) is 13.1 Å². The third-order valence-corrected chi connectivity index (χ3v) is 6.83. The van der Waals surface area contributed by atoms with E-state index in [9.17, 15) is 17.6 Å². The first kappa shape index (κ1) is 21.2. The topological polar surface area (TPSA) is 95.2 Å². The van der Waals surface area contributed by atoms with Crippen LogP contribution < -0.4 is 4.72 Å². The average Bonchev–Trinajstić information content (AvgIpc) is 3.22. The number of imidazole rings is 1. The minimum Gasteiger partial charge on any atom is -0.342 e. The summed E-state index contributed by atoms with van der Waals surface area (Å²) in [5.41, 5.74) is 1.95. The van der Waals surface area contributed by atoms with E-state index in [2.05, 4.69) is 21.3 Å². The lowest BCUT2D eigenvalue weighted by molar-refractivity contribution is 0.0704. The van der Waals surface area contributed by atoms with Gasteiger partial charge in [0.2, 0.25) is 10.0 Å². The van der Waals surface area contributed by atoms with Crippen LogP contribution >= 0.6 is 0 Å². The highest BCUT2D eigenvalue weighted by Gasteiger charge is 2.29. The van der Waals surface area contributed by atoms with Crippen molar-refractivity contribution in [1.82, 2.24) is 19.6 Å². The van der Waals surface area contributed by atoms with Crippen LogP contribution in [0.5, 0.6) is 0 Å². The van der Waals surface area contributed by atoms with Gasteiger partial charge >= 0.3 is 0 Å². The summed E-state index contributed by atoms with van der Waals surface area (Å²) in [6.45, 7) is 4.40. The third kappa shape index (κ3) is 4.38. The van der Waals surface area contributed by atoms with Crippen molar-refractivity contribution in [2.45, 2.75) is 23.7 Å². The Kier molecular flexibility index (Phi) is 5.88. The Hall–Kier alpha value is -3.04. The first-order chi connectivity index (χ1) is 14.9. The maximum atomic E-state index is 14.2. The number of hydrogen-bond donors (Lipinski definition) is 2. The molecular formula is C22H23FN4O3S. The van der Waals surface area contributed by atoms with Crippen molar-refractivity contribution < 1.29 is 17.6 Å². The predicted octanol–water partition coefficient (Wildman–Crippen LogP) is 3.19. The highest BCUT2D eigenvalue weighted by molar-refractivity contribution is 7.89. The molecule has 1 saturated heterocycles. The lowest BCUT2D eigenvalue weighted by Crippen LogP contribution is -2.39. The van der Waals surface area contributed by atoms with Gasteiger partial charge in [0.1, 0.15) is 16.5 Å². The van der Waals surface area contributed by atoms with Crippen LogP contribution in [0.3, 0.4) is 0 Å². The summed E-state index contributed by atoms with van der Waals surface area (Å²) in [5, 5.41) is 0. The van der Waals surface area contributed by atoms with E-state index in [1.165, 1.54) is 12.1 Å². The van der Waals surface area contributed by atoms with Gasteiger partial charge in [-0.1, -0.05) is 18.2 Å². The summed E-state index contributed by atoms with van der Waals surface area (Å²) in [7, 11) is -4.09. The number of aromatic amines is 1. The van der Waals surface area contributed by atoms with Crippen molar-refractivity contribution in [3.05, 3.63) is 72.3 Å². The molecule has 2 N–H and O–H groups in total. The molecule has 4 rings (SSSR count). The Morgan fingerprint density at radius 2 is 2.13 bits per heavy atom. The van der Waals surface area contributed by atoms with E-state index in [1.54, 1.807) is 4.90 Å². The fourth-order valence-electron chi connectivity index (χ4n) is 3.82. The SMILES string of the molecule is C=CCNS(=O)(=O)c1cc(C(=O)N2CCCC(c3nc4ccccc4[nH]3)C2)ccc1F. The predicted molar refractivity (Wildman–Crippen MR) is 116 cm³/mol. The first-order valence-electron chi connectivity index (χ1n) is 10.0. The number of halogens is 1. The van der Waals surface area contributed by atoms with Gasteiger partial charge in [-0.3, -0.25) is 4.79 Å². The lowest BCUT2D eigenvalue weighted by atomic mass is 9.96. The number of likely N-dealkylation sites (tertiary alicyclic amines) is 1. The molecule has 1 aliphatic rings. The largest absolute Gasteiger partial charge is 0.342 e. The molecule has 1 amide bonds. The number of nitrogens with zero attached hydrogens (tertiary/aromatic N) is 2. The molecular weight excluding hydrogens is 419 g/mol. The summed E-state index contributed by atoms with van der Waals surface area (Å²) in [5.74, 6) is -0.370. The highest BCUT2D eigenvalue weighted by Crippen LogP contribution is 2.28. The summed E-state index contributed by atoms with van der Waals surface area (Å²) < 4.78 is 41.1. The molecule has 2 heterocycles. The Labute approximate surface area is 180 Å². The molecule has 0 bridgehead atoms. The number of piperidine rings is 1. The zero-order valence-corrected chi connectivity index (χ0v) is 17.7. The second kappa shape index (κ2) is 8.60. The van der Waals surface area contributed by atoms with E-state index in [4.69, 9.17) is 0 Å². The van der Waals surface area contributed by atoms with Crippen molar-refractivity contribution >= 4 is 27.0 Å². The van der Waals surface area contributed by atoms with Crippen molar-refractivity contribution in [3.8, 4) is 0 Å². The molecule has 162 valence electrons. The molecule has 9 heteroatoms. The van der Waals surface area contributed by atoms with Crippen LogP contribution in [0, 0.1) is 5.82 Å². The van der Waals surface area contributed by atoms with Gasteiger partial charge in [-0.05, 0) is 43.2 Å². The van der Waals surface area contributed by atoms with Crippen LogP contribution in [-0.4, -0.2) is 48.8 Å². The number of fused-ring (bicyclic) bond motifs is 1.